The van der Waals surface area contributed by atoms with E-state index in [1.807, 2.05) is 74.2 Å². The zero-order chi connectivity index (χ0) is 30.2. The fourth-order valence-electron chi connectivity index (χ4n) is 6.51. The standard InChI is InChI=1S/C34H41N7O2/c1-5-10-28(39-20-16-34(17-21-39)18-22-40(23-34)32(42)43-33(2,3)4)41-30(25-13-9-19-36-29(25)35)38-27-15-14-26(37-31(27)41)24-11-7-6-8-12-24/h5-9,11-15,19,28H,1,10,16-18,20-23H2,2-4H3,(H2,35,36). The maximum atomic E-state index is 12.8. The molecule has 1 unspecified atom stereocenters. The van der Waals surface area contributed by atoms with Crippen molar-refractivity contribution in [1.82, 2.24) is 29.3 Å². The van der Waals surface area contributed by atoms with Gasteiger partial charge in [0.15, 0.2) is 5.65 Å². The Hall–Kier alpha value is -4.24. The third-order valence-electron chi connectivity index (χ3n) is 8.73. The second-order valence-corrected chi connectivity index (χ2v) is 12.8. The Balaban J connectivity index is 1.34. The maximum absolute atomic E-state index is 12.8. The van der Waals surface area contributed by atoms with Crippen LogP contribution in [0.4, 0.5) is 10.6 Å². The van der Waals surface area contributed by atoms with Crippen LogP contribution in [0.5, 0.6) is 0 Å². The van der Waals surface area contributed by atoms with Crippen molar-refractivity contribution in [2.24, 2.45) is 5.41 Å². The van der Waals surface area contributed by atoms with Gasteiger partial charge in [-0.2, -0.15) is 0 Å². The summed E-state index contributed by atoms with van der Waals surface area (Å²) in [7, 11) is 0. The number of carbonyl (C=O) groups excluding carboxylic acids is 1. The van der Waals surface area contributed by atoms with Gasteiger partial charge in [0, 0.05) is 37.9 Å². The van der Waals surface area contributed by atoms with Crippen LogP contribution < -0.4 is 5.73 Å². The molecular weight excluding hydrogens is 538 g/mol. The number of nitrogen functional groups attached to an aromatic ring is 1. The summed E-state index contributed by atoms with van der Waals surface area (Å²) in [5.74, 6) is 1.19. The van der Waals surface area contributed by atoms with E-state index in [4.69, 9.17) is 20.4 Å². The van der Waals surface area contributed by atoms with Crippen LogP contribution in [0.15, 0.2) is 73.4 Å². The summed E-state index contributed by atoms with van der Waals surface area (Å²) in [6.45, 7) is 13.1. The SMILES string of the molecule is C=CCC(N1CCC2(CCN(C(=O)OC(C)(C)C)C2)CC1)n1c(-c2cccnc2N)nc2ccc(-c3ccccc3)nc21. The first-order valence-corrected chi connectivity index (χ1v) is 15.1. The molecule has 1 amide bonds. The number of rotatable bonds is 6. The van der Waals surface area contributed by atoms with Crippen LogP contribution in [0.1, 0.15) is 52.6 Å². The van der Waals surface area contributed by atoms with Crippen LogP contribution in [0, 0.1) is 5.41 Å². The van der Waals surface area contributed by atoms with Gasteiger partial charge in [0.2, 0.25) is 0 Å². The van der Waals surface area contributed by atoms with E-state index in [1.54, 1.807) is 6.20 Å². The van der Waals surface area contributed by atoms with Gasteiger partial charge in [0.05, 0.1) is 17.4 Å². The second kappa shape index (κ2) is 11.4. The average molecular weight is 580 g/mol. The number of imidazole rings is 1. The predicted octanol–water partition coefficient (Wildman–Crippen LogP) is 6.54. The van der Waals surface area contributed by atoms with Gasteiger partial charge in [-0.3, -0.25) is 9.47 Å². The number of fused-ring (bicyclic) bond motifs is 1. The first kappa shape index (κ1) is 28.9. The number of aromatic nitrogens is 4. The molecule has 1 spiro atoms. The number of piperidine rings is 1. The molecule has 2 fully saturated rings. The Labute approximate surface area is 253 Å². The number of nitrogens with two attached hydrogens (primary N) is 1. The van der Waals surface area contributed by atoms with Gasteiger partial charge >= 0.3 is 6.09 Å². The van der Waals surface area contributed by atoms with Crippen LogP contribution in [0.2, 0.25) is 0 Å². The Kier molecular flexibility index (Phi) is 7.68. The van der Waals surface area contributed by atoms with Gasteiger partial charge < -0.3 is 15.4 Å². The highest BCUT2D eigenvalue weighted by Gasteiger charge is 2.44. The van der Waals surface area contributed by atoms with E-state index in [1.165, 1.54) is 0 Å². The number of benzene rings is 1. The Morgan fingerprint density at radius 2 is 1.79 bits per heavy atom. The molecule has 2 saturated heterocycles. The summed E-state index contributed by atoms with van der Waals surface area (Å²) >= 11 is 0. The molecule has 9 heteroatoms. The third-order valence-corrected chi connectivity index (χ3v) is 8.73. The van der Waals surface area contributed by atoms with Crippen molar-refractivity contribution in [2.45, 2.75) is 58.2 Å². The minimum absolute atomic E-state index is 0.0589. The van der Waals surface area contributed by atoms with E-state index in [2.05, 4.69) is 33.2 Å². The fourth-order valence-corrected chi connectivity index (χ4v) is 6.51. The van der Waals surface area contributed by atoms with Gasteiger partial charge in [0.25, 0.3) is 0 Å². The van der Waals surface area contributed by atoms with E-state index in [9.17, 15) is 4.79 Å². The summed E-state index contributed by atoms with van der Waals surface area (Å²) in [6, 6.07) is 18.1. The molecular formula is C34H41N7O2. The Morgan fingerprint density at radius 1 is 1.05 bits per heavy atom. The molecule has 224 valence electrons. The second-order valence-electron chi connectivity index (χ2n) is 12.8. The molecule has 1 atom stereocenters. The van der Waals surface area contributed by atoms with Crippen molar-refractivity contribution < 1.29 is 9.53 Å². The minimum Gasteiger partial charge on any atom is -0.444 e. The number of likely N-dealkylation sites (tertiary alicyclic amines) is 2. The number of ether oxygens (including phenoxy) is 1. The van der Waals surface area contributed by atoms with Gasteiger partial charge in [0.1, 0.15) is 22.8 Å². The zero-order valence-electron chi connectivity index (χ0n) is 25.4. The summed E-state index contributed by atoms with van der Waals surface area (Å²) in [4.78, 5) is 31.8. The molecule has 2 N–H and O–H groups in total. The highest BCUT2D eigenvalue weighted by Crippen LogP contribution is 2.43. The summed E-state index contributed by atoms with van der Waals surface area (Å²) in [5, 5.41) is 0. The molecule has 0 radical (unpaired) electrons. The van der Waals surface area contributed by atoms with Crippen LogP contribution in [0.25, 0.3) is 33.8 Å². The lowest BCUT2D eigenvalue weighted by Gasteiger charge is -2.43. The van der Waals surface area contributed by atoms with Crippen molar-refractivity contribution in [3.05, 3.63) is 73.4 Å². The van der Waals surface area contributed by atoms with E-state index in [-0.39, 0.29) is 17.7 Å². The highest BCUT2D eigenvalue weighted by molar-refractivity contribution is 5.82. The predicted molar refractivity (Wildman–Crippen MR) is 170 cm³/mol. The van der Waals surface area contributed by atoms with Crippen molar-refractivity contribution in [3.8, 4) is 22.6 Å². The number of nitrogens with zero attached hydrogens (tertiary/aromatic N) is 6. The van der Waals surface area contributed by atoms with Crippen molar-refractivity contribution in [3.63, 3.8) is 0 Å². The monoisotopic (exact) mass is 579 g/mol. The van der Waals surface area contributed by atoms with Crippen LogP contribution in [0.3, 0.4) is 0 Å². The molecule has 5 heterocycles. The molecule has 0 bridgehead atoms. The molecule has 9 nitrogen and oxygen atoms in total. The summed E-state index contributed by atoms with van der Waals surface area (Å²) in [6.07, 6.45) is 7.12. The number of anilines is 1. The van der Waals surface area contributed by atoms with Gasteiger partial charge in [-0.15, -0.1) is 6.58 Å². The number of carbonyl (C=O) groups is 1. The average Bonchev–Trinajstić information content (AvgIpc) is 3.58. The lowest BCUT2D eigenvalue weighted by molar-refractivity contribution is 0.0209. The molecule has 1 aromatic carbocycles. The van der Waals surface area contributed by atoms with E-state index in [0.29, 0.717) is 12.2 Å². The topological polar surface area (TPSA) is 102 Å². The summed E-state index contributed by atoms with van der Waals surface area (Å²) in [5.41, 5.74) is 10.4. The number of pyridine rings is 2. The maximum Gasteiger partial charge on any atom is 0.410 e. The Morgan fingerprint density at radius 3 is 2.49 bits per heavy atom. The van der Waals surface area contributed by atoms with Gasteiger partial charge in [-0.05, 0) is 76.1 Å². The van der Waals surface area contributed by atoms with E-state index in [0.717, 1.165) is 79.3 Å². The number of hydrogen-bond donors (Lipinski definition) is 1. The zero-order valence-corrected chi connectivity index (χ0v) is 25.4. The van der Waals surface area contributed by atoms with E-state index >= 15 is 0 Å². The number of amides is 1. The van der Waals surface area contributed by atoms with Crippen LogP contribution in [-0.4, -0.2) is 67.2 Å². The molecule has 43 heavy (non-hydrogen) atoms. The number of hydrogen-bond acceptors (Lipinski definition) is 7. The van der Waals surface area contributed by atoms with Crippen molar-refractivity contribution in [2.75, 3.05) is 31.9 Å². The molecule has 3 aromatic heterocycles. The third kappa shape index (κ3) is 5.86. The Bertz CT molecular complexity index is 1620. The van der Waals surface area contributed by atoms with Crippen LogP contribution in [-0.2, 0) is 4.74 Å². The lowest BCUT2D eigenvalue weighted by Crippen LogP contribution is -2.45. The molecule has 0 saturated carbocycles. The van der Waals surface area contributed by atoms with Crippen molar-refractivity contribution >= 4 is 23.1 Å². The highest BCUT2D eigenvalue weighted by atomic mass is 16.6. The van der Waals surface area contributed by atoms with Crippen LogP contribution >= 0.6 is 0 Å². The summed E-state index contributed by atoms with van der Waals surface area (Å²) < 4.78 is 7.91. The first-order chi connectivity index (χ1) is 20.7. The minimum atomic E-state index is -0.495. The van der Waals surface area contributed by atoms with Crippen molar-refractivity contribution in [1.29, 1.82) is 0 Å². The van der Waals surface area contributed by atoms with E-state index < -0.39 is 5.60 Å². The smallest absolute Gasteiger partial charge is 0.410 e. The fraction of sp³-hybridized carbons (Fsp3) is 0.412. The quantitative estimate of drug-likeness (QED) is 0.259. The van der Waals surface area contributed by atoms with Gasteiger partial charge in [-0.1, -0.05) is 36.4 Å². The normalized spacial score (nSPS) is 17.8. The molecule has 4 aromatic rings. The molecule has 2 aliphatic rings. The first-order valence-electron chi connectivity index (χ1n) is 15.1. The molecule has 6 rings (SSSR count). The lowest BCUT2D eigenvalue weighted by atomic mass is 9.77. The largest absolute Gasteiger partial charge is 0.444 e. The van der Waals surface area contributed by atoms with Gasteiger partial charge in [-0.25, -0.2) is 19.7 Å². The molecule has 0 aliphatic carbocycles. The molecule has 2 aliphatic heterocycles.